The molecule has 2 aromatic heterocycles. The van der Waals surface area contributed by atoms with E-state index in [1.807, 2.05) is 12.4 Å². The first-order chi connectivity index (χ1) is 18.5. The average Bonchev–Trinajstić information content (AvgIpc) is 3.58. The second kappa shape index (κ2) is 15.2. The van der Waals surface area contributed by atoms with Gasteiger partial charge in [0, 0.05) is 36.2 Å². The summed E-state index contributed by atoms with van der Waals surface area (Å²) in [5, 5.41) is 6.36. The van der Waals surface area contributed by atoms with Crippen LogP contribution >= 0.6 is 48.8 Å². The zero-order valence-electron chi connectivity index (χ0n) is 23.1. The molecule has 3 aliphatic rings. The Hall–Kier alpha value is -1.62. The minimum atomic E-state index is -0.287. The van der Waals surface area contributed by atoms with Crippen molar-refractivity contribution in [1.82, 2.24) is 24.5 Å². The summed E-state index contributed by atoms with van der Waals surface area (Å²) in [5.41, 5.74) is 12.5. The van der Waals surface area contributed by atoms with E-state index in [-0.39, 0.29) is 43.0 Å². The van der Waals surface area contributed by atoms with Crippen molar-refractivity contribution in [3.8, 4) is 0 Å². The third-order valence-corrected chi connectivity index (χ3v) is 9.00. The Morgan fingerprint density at radius 2 is 1.66 bits per heavy atom. The highest BCUT2D eigenvalue weighted by Gasteiger charge is 2.26. The number of hydrogen-bond acceptors (Lipinski definition) is 7. The molecule has 228 valence electrons. The van der Waals surface area contributed by atoms with Crippen molar-refractivity contribution in [3.05, 3.63) is 40.9 Å². The second-order valence-electron chi connectivity index (χ2n) is 11.4. The molecule has 6 rings (SSSR count). The molecule has 1 saturated heterocycles. The van der Waals surface area contributed by atoms with Crippen LogP contribution in [0, 0.1) is 11.7 Å². The van der Waals surface area contributed by atoms with Gasteiger partial charge in [-0.15, -0.1) is 37.2 Å². The van der Waals surface area contributed by atoms with Gasteiger partial charge in [0.25, 0.3) is 0 Å². The van der Waals surface area contributed by atoms with Crippen LogP contribution in [-0.2, 0) is 6.42 Å². The molecular formula is C28H41Cl4FN8. The normalized spacial score (nSPS) is 22.0. The number of nitrogens with one attached hydrogen (secondary N) is 2. The lowest BCUT2D eigenvalue weighted by molar-refractivity contribution is 0.216. The van der Waals surface area contributed by atoms with E-state index in [0.29, 0.717) is 35.0 Å². The third-order valence-electron chi connectivity index (χ3n) is 8.65. The van der Waals surface area contributed by atoms with Crippen molar-refractivity contribution in [2.24, 2.45) is 11.7 Å². The molecule has 8 nitrogen and oxygen atoms in total. The molecule has 0 atom stereocenters. The van der Waals surface area contributed by atoms with Gasteiger partial charge in [-0.25, -0.2) is 14.4 Å². The summed E-state index contributed by atoms with van der Waals surface area (Å²) in [5.74, 6) is 1.66. The van der Waals surface area contributed by atoms with E-state index in [0.717, 1.165) is 80.6 Å². The number of hydrogen-bond donors (Lipinski definition) is 3. The molecule has 1 aromatic carbocycles. The van der Waals surface area contributed by atoms with Gasteiger partial charge in [-0.05, 0) is 81.4 Å². The van der Waals surface area contributed by atoms with Crippen molar-refractivity contribution in [2.75, 3.05) is 23.8 Å². The van der Waals surface area contributed by atoms with Crippen LogP contribution in [0.2, 0.25) is 5.02 Å². The Morgan fingerprint density at radius 1 is 0.951 bits per heavy atom. The smallest absolute Gasteiger partial charge is 0.227 e. The van der Waals surface area contributed by atoms with E-state index in [4.69, 9.17) is 32.3 Å². The number of piperidine rings is 1. The quantitative estimate of drug-likeness (QED) is 0.255. The average molecular weight is 651 g/mol. The van der Waals surface area contributed by atoms with Gasteiger partial charge in [-0.2, -0.15) is 9.97 Å². The molecule has 3 fully saturated rings. The van der Waals surface area contributed by atoms with Crippen LogP contribution in [0.4, 0.5) is 16.2 Å². The maximum Gasteiger partial charge on any atom is 0.227 e. The Labute approximate surface area is 265 Å². The van der Waals surface area contributed by atoms with E-state index in [1.165, 1.54) is 37.8 Å². The van der Waals surface area contributed by atoms with Gasteiger partial charge in [0.1, 0.15) is 5.82 Å². The molecule has 0 amide bonds. The van der Waals surface area contributed by atoms with E-state index in [2.05, 4.69) is 20.3 Å². The van der Waals surface area contributed by atoms with Crippen LogP contribution in [0.1, 0.15) is 75.8 Å². The zero-order chi connectivity index (χ0) is 26.1. The predicted molar refractivity (Wildman–Crippen MR) is 171 cm³/mol. The number of rotatable bonds is 7. The van der Waals surface area contributed by atoms with E-state index in [1.54, 1.807) is 0 Å². The summed E-state index contributed by atoms with van der Waals surface area (Å²) in [6.07, 6.45) is 13.9. The van der Waals surface area contributed by atoms with E-state index >= 15 is 0 Å². The van der Waals surface area contributed by atoms with Gasteiger partial charge >= 0.3 is 0 Å². The molecule has 4 N–H and O–H groups in total. The fourth-order valence-corrected chi connectivity index (χ4v) is 6.60. The number of benzene rings is 1. The summed E-state index contributed by atoms with van der Waals surface area (Å²) in [6, 6.07) is 5.82. The standard InChI is InChI=1S/C28H38ClFN8.3ClH/c29-24-16-20(30)6-5-19(24)15-18-11-13-37(14-12-18)36-26-25-27(38(17-32-25)23-3-1-2-4-23)35-28(34-26)33-22-9-7-21(31)8-10-22;;;/h5-6,16-18,21-23H,1-4,7-15,31H2,(H2,33,34,35,36);3*1H. The lowest BCUT2D eigenvalue weighted by Crippen LogP contribution is -2.39. The van der Waals surface area contributed by atoms with E-state index in [9.17, 15) is 4.39 Å². The summed E-state index contributed by atoms with van der Waals surface area (Å²) < 4.78 is 15.7. The summed E-state index contributed by atoms with van der Waals surface area (Å²) >= 11 is 6.28. The topological polar surface area (TPSA) is 96.9 Å². The van der Waals surface area contributed by atoms with Gasteiger partial charge in [0.2, 0.25) is 5.95 Å². The fraction of sp³-hybridized carbons (Fsp3) is 0.607. The highest BCUT2D eigenvalue weighted by molar-refractivity contribution is 6.31. The minimum absolute atomic E-state index is 0. The highest BCUT2D eigenvalue weighted by atomic mass is 35.5. The zero-order valence-corrected chi connectivity index (χ0v) is 26.3. The number of hydrazine groups is 1. The Balaban J connectivity index is 0.00000154. The van der Waals surface area contributed by atoms with Crippen molar-refractivity contribution in [1.29, 1.82) is 0 Å². The lowest BCUT2D eigenvalue weighted by Gasteiger charge is -2.32. The van der Waals surface area contributed by atoms with Gasteiger partial charge in [0.05, 0.1) is 6.33 Å². The molecule has 41 heavy (non-hydrogen) atoms. The van der Waals surface area contributed by atoms with Gasteiger partial charge in [-0.1, -0.05) is 30.5 Å². The second-order valence-corrected chi connectivity index (χ2v) is 11.8. The molecule has 0 unspecified atom stereocenters. The highest BCUT2D eigenvalue weighted by Crippen LogP contribution is 2.34. The van der Waals surface area contributed by atoms with Crippen LogP contribution < -0.4 is 16.5 Å². The predicted octanol–water partition coefficient (Wildman–Crippen LogP) is 6.96. The molecule has 0 bridgehead atoms. The summed E-state index contributed by atoms with van der Waals surface area (Å²) in [7, 11) is 0. The molecule has 0 radical (unpaired) electrons. The Morgan fingerprint density at radius 3 is 2.34 bits per heavy atom. The van der Waals surface area contributed by atoms with Crippen molar-refractivity contribution < 1.29 is 4.39 Å². The summed E-state index contributed by atoms with van der Waals surface area (Å²) in [6.45, 7) is 1.78. The first-order valence-corrected chi connectivity index (χ1v) is 14.6. The Bertz CT molecular complexity index is 1260. The maximum atomic E-state index is 13.4. The number of halogens is 5. The first kappa shape index (κ1) is 33.9. The van der Waals surface area contributed by atoms with Crippen LogP contribution in [0.5, 0.6) is 0 Å². The molecular weight excluding hydrogens is 609 g/mol. The van der Waals surface area contributed by atoms with Crippen LogP contribution in [0.25, 0.3) is 11.2 Å². The number of anilines is 2. The molecule has 2 aliphatic carbocycles. The molecule has 0 spiro atoms. The van der Waals surface area contributed by atoms with Gasteiger partial charge < -0.3 is 21.0 Å². The number of nitrogens with zero attached hydrogens (tertiary/aromatic N) is 5. The number of imidazole rings is 1. The van der Waals surface area contributed by atoms with Crippen molar-refractivity contribution >= 4 is 71.8 Å². The van der Waals surface area contributed by atoms with Crippen molar-refractivity contribution in [3.63, 3.8) is 0 Å². The van der Waals surface area contributed by atoms with Gasteiger partial charge in [0.15, 0.2) is 17.0 Å². The fourth-order valence-electron chi connectivity index (χ4n) is 6.35. The molecule has 13 heteroatoms. The van der Waals surface area contributed by atoms with Crippen molar-refractivity contribution in [2.45, 2.75) is 88.8 Å². The largest absolute Gasteiger partial charge is 0.351 e. The minimum Gasteiger partial charge on any atom is -0.351 e. The SMILES string of the molecule is Cl.Cl.Cl.NC1CCC(Nc2nc(NN3CCC(Cc4ccc(F)cc4Cl)CC3)c3ncn(C4CCCC4)c3n2)CC1. The molecule has 2 saturated carbocycles. The molecule has 3 aromatic rings. The first-order valence-electron chi connectivity index (χ1n) is 14.2. The lowest BCUT2D eigenvalue weighted by atomic mass is 9.90. The van der Waals surface area contributed by atoms with E-state index < -0.39 is 0 Å². The van der Waals surface area contributed by atoms with Gasteiger partial charge in [-0.3, -0.25) is 0 Å². The monoisotopic (exact) mass is 648 g/mol. The molecule has 3 heterocycles. The number of nitrogens with two attached hydrogens (primary N) is 1. The Kier molecular flexibility index (Phi) is 12.6. The number of fused-ring (bicyclic) bond motifs is 1. The van der Waals surface area contributed by atoms with Crippen LogP contribution in [-0.4, -0.2) is 49.7 Å². The third kappa shape index (κ3) is 8.06. The number of aromatic nitrogens is 4. The van der Waals surface area contributed by atoms with Crippen LogP contribution in [0.3, 0.4) is 0 Å². The molecule has 1 aliphatic heterocycles. The maximum absolute atomic E-state index is 13.4. The summed E-state index contributed by atoms with van der Waals surface area (Å²) in [4.78, 5) is 14.7. The van der Waals surface area contributed by atoms with Crippen LogP contribution in [0.15, 0.2) is 24.5 Å².